The Morgan fingerprint density at radius 1 is 1.00 bits per heavy atom. The number of unbranched alkanes of at least 4 members (excludes halogenated alkanes) is 1. The molecular formula is C18H22N2O2. The molecule has 0 amide bonds. The third-order valence-corrected chi connectivity index (χ3v) is 3.33. The minimum Gasteiger partial charge on any atom is -0.594 e. The summed E-state index contributed by atoms with van der Waals surface area (Å²) in [6, 6.07) is 16.8. The maximum absolute atomic E-state index is 11.9. The van der Waals surface area contributed by atoms with Crippen LogP contribution in [0.3, 0.4) is 0 Å². The average molecular weight is 298 g/mol. The van der Waals surface area contributed by atoms with Crippen LogP contribution < -0.4 is 0 Å². The van der Waals surface area contributed by atoms with E-state index in [9.17, 15) is 5.21 Å². The first-order valence-electron chi connectivity index (χ1n) is 7.70. The van der Waals surface area contributed by atoms with Crippen molar-refractivity contribution < 1.29 is 9.60 Å². The molecule has 0 bridgehead atoms. The van der Waals surface area contributed by atoms with E-state index in [1.807, 2.05) is 49.4 Å². The predicted molar refractivity (Wildman–Crippen MR) is 87.7 cm³/mol. The second-order valence-corrected chi connectivity index (χ2v) is 5.03. The van der Waals surface area contributed by atoms with Gasteiger partial charge in [-0.05, 0) is 43.9 Å². The van der Waals surface area contributed by atoms with Crippen LogP contribution in [-0.2, 0) is 11.2 Å². The van der Waals surface area contributed by atoms with Crippen LogP contribution in [0.5, 0.6) is 0 Å². The monoisotopic (exact) mass is 298 g/mol. The summed E-state index contributed by atoms with van der Waals surface area (Å²) in [4.78, 5) is 0.650. The molecule has 0 fully saturated rings. The molecule has 0 aliphatic heterocycles. The molecule has 4 nitrogen and oxygen atoms in total. The Hall–Kier alpha value is -2.20. The lowest BCUT2D eigenvalue weighted by molar-refractivity contribution is -0.435. The second kappa shape index (κ2) is 8.95. The van der Waals surface area contributed by atoms with Gasteiger partial charge in [0, 0.05) is 30.5 Å². The van der Waals surface area contributed by atoms with Crippen molar-refractivity contribution >= 4 is 11.4 Å². The standard InChI is InChI=1S/C18H22N2O2/c1-2-22-15-7-6-8-16-11-13-17(14-12-16)19-20(21)18-9-4-3-5-10-18/h3-5,9-14H,2,6-8,15H2,1H3. The van der Waals surface area contributed by atoms with Gasteiger partial charge in [-0.15, -0.1) is 0 Å². The minimum absolute atomic E-state index is 0.530. The van der Waals surface area contributed by atoms with Gasteiger partial charge in [0.1, 0.15) is 5.69 Å². The summed E-state index contributed by atoms with van der Waals surface area (Å²) >= 11 is 0. The zero-order chi connectivity index (χ0) is 15.6. The van der Waals surface area contributed by atoms with Crippen molar-refractivity contribution in [2.75, 3.05) is 13.2 Å². The molecule has 0 aliphatic carbocycles. The average Bonchev–Trinajstić information content (AvgIpc) is 2.57. The number of hydrogen-bond acceptors (Lipinski definition) is 3. The van der Waals surface area contributed by atoms with Crippen LogP contribution in [0.15, 0.2) is 59.7 Å². The molecule has 0 saturated heterocycles. The highest BCUT2D eigenvalue weighted by Gasteiger charge is 2.02. The Labute approximate surface area is 131 Å². The summed E-state index contributed by atoms with van der Waals surface area (Å²) in [5, 5.41) is 16.0. The number of rotatable bonds is 8. The lowest BCUT2D eigenvalue weighted by Gasteiger charge is -2.03. The van der Waals surface area contributed by atoms with E-state index in [1.165, 1.54) is 5.56 Å². The summed E-state index contributed by atoms with van der Waals surface area (Å²) in [7, 11) is 0. The van der Waals surface area contributed by atoms with E-state index >= 15 is 0 Å². The van der Waals surface area contributed by atoms with E-state index in [4.69, 9.17) is 4.74 Å². The summed E-state index contributed by atoms with van der Waals surface area (Å²) in [6.45, 7) is 3.62. The minimum atomic E-state index is 0.530. The summed E-state index contributed by atoms with van der Waals surface area (Å²) < 4.78 is 5.32. The molecule has 0 N–H and O–H groups in total. The molecule has 2 aromatic rings. The van der Waals surface area contributed by atoms with Crippen LogP contribution in [0.25, 0.3) is 0 Å². The first-order valence-corrected chi connectivity index (χ1v) is 7.70. The highest BCUT2D eigenvalue weighted by Crippen LogP contribution is 2.18. The number of benzene rings is 2. The van der Waals surface area contributed by atoms with E-state index in [1.54, 1.807) is 12.1 Å². The highest BCUT2D eigenvalue weighted by atomic mass is 16.5. The first kappa shape index (κ1) is 16.2. The van der Waals surface area contributed by atoms with Crippen molar-refractivity contribution in [2.45, 2.75) is 26.2 Å². The fourth-order valence-corrected chi connectivity index (χ4v) is 2.12. The zero-order valence-electron chi connectivity index (χ0n) is 12.9. The number of nitrogens with zero attached hydrogens (tertiary/aromatic N) is 2. The quantitative estimate of drug-likeness (QED) is 0.299. The molecular weight excluding hydrogens is 276 g/mol. The van der Waals surface area contributed by atoms with E-state index in [-0.39, 0.29) is 0 Å². The van der Waals surface area contributed by atoms with Gasteiger partial charge < -0.3 is 9.94 Å². The second-order valence-electron chi connectivity index (χ2n) is 5.03. The summed E-state index contributed by atoms with van der Waals surface area (Å²) in [5.74, 6) is 0. The van der Waals surface area contributed by atoms with Gasteiger partial charge in [0.2, 0.25) is 5.69 Å². The third kappa shape index (κ3) is 5.30. The number of azo groups is 1. The van der Waals surface area contributed by atoms with Gasteiger partial charge in [0.15, 0.2) is 0 Å². The van der Waals surface area contributed by atoms with Crippen molar-refractivity contribution in [1.29, 1.82) is 0 Å². The Balaban J connectivity index is 1.89. The lowest BCUT2D eigenvalue weighted by atomic mass is 10.1. The van der Waals surface area contributed by atoms with Gasteiger partial charge in [0.05, 0.1) is 0 Å². The summed E-state index contributed by atoms with van der Waals surface area (Å²) in [6.07, 6.45) is 3.20. The van der Waals surface area contributed by atoms with E-state index in [0.29, 0.717) is 16.2 Å². The molecule has 2 rings (SSSR count). The zero-order valence-corrected chi connectivity index (χ0v) is 12.9. The van der Waals surface area contributed by atoms with Crippen molar-refractivity contribution in [3.8, 4) is 0 Å². The first-order chi connectivity index (χ1) is 10.8. The van der Waals surface area contributed by atoms with E-state index in [2.05, 4.69) is 5.11 Å². The van der Waals surface area contributed by atoms with Crippen LogP contribution in [0.4, 0.5) is 11.4 Å². The molecule has 4 heteroatoms. The fraction of sp³-hybridized carbons (Fsp3) is 0.333. The Bertz CT molecular complexity index is 580. The topological polar surface area (TPSA) is 47.7 Å². The van der Waals surface area contributed by atoms with E-state index < -0.39 is 0 Å². The number of hydrogen-bond donors (Lipinski definition) is 0. The Morgan fingerprint density at radius 3 is 2.41 bits per heavy atom. The SMILES string of the molecule is CCOCCCCc1ccc(N=[N+]([O-])c2ccccc2)cc1. The molecule has 0 heterocycles. The van der Waals surface area contributed by atoms with Crippen LogP contribution >= 0.6 is 0 Å². The lowest BCUT2D eigenvalue weighted by Crippen LogP contribution is -1.94. The van der Waals surface area contributed by atoms with Crippen LogP contribution in [-0.4, -0.2) is 18.1 Å². The van der Waals surface area contributed by atoms with Crippen molar-refractivity contribution in [3.05, 3.63) is 65.4 Å². The molecule has 116 valence electrons. The molecule has 0 aromatic heterocycles. The van der Waals surface area contributed by atoms with Crippen LogP contribution in [0.1, 0.15) is 25.3 Å². The van der Waals surface area contributed by atoms with Crippen LogP contribution in [0.2, 0.25) is 0 Å². The predicted octanol–water partition coefficient (Wildman–Crippen LogP) is 4.97. The Kier molecular flexibility index (Phi) is 6.58. The van der Waals surface area contributed by atoms with Crippen molar-refractivity contribution in [3.63, 3.8) is 0 Å². The summed E-state index contributed by atoms with van der Waals surface area (Å²) in [5.41, 5.74) is 2.45. The largest absolute Gasteiger partial charge is 0.594 e. The van der Waals surface area contributed by atoms with E-state index in [0.717, 1.165) is 32.5 Å². The fourth-order valence-electron chi connectivity index (χ4n) is 2.12. The molecule has 0 unspecified atom stereocenters. The molecule has 0 radical (unpaired) electrons. The maximum atomic E-state index is 11.9. The van der Waals surface area contributed by atoms with Gasteiger partial charge >= 0.3 is 0 Å². The van der Waals surface area contributed by atoms with Gasteiger partial charge in [-0.3, -0.25) is 0 Å². The molecule has 2 aromatic carbocycles. The van der Waals surface area contributed by atoms with Crippen LogP contribution in [0, 0.1) is 5.21 Å². The van der Waals surface area contributed by atoms with Gasteiger partial charge in [-0.1, -0.05) is 35.2 Å². The van der Waals surface area contributed by atoms with Crippen molar-refractivity contribution in [1.82, 2.24) is 0 Å². The Morgan fingerprint density at radius 2 is 1.73 bits per heavy atom. The number of ether oxygens (including phenoxy) is 1. The molecule has 0 atom stereocenters. The third-order valence-electron chi connectivity index (χ3n) is 3.33. The normalized spacial score (nSPS) is 11.6. The number of para-hydroxylation sites is 1. The molecule has 0 aliphatic rings. The van der Waals surface area contributed by atoms with Gasteiger partial charge in [-0.2, -0.15) is 0 Å². The number of aryl methyl sites for hydroxylation is 1. The maximum Gasteiger partial charge on any atom is 0.244 e. The van der Waals surface area contributed by atoms with Crippen molar-refractivity contribution in [2.24, 2.45) is 5.11 Å². The smallest absolute Gasteiger partial charge is 0.244 e. The highest BCUT2D eigenvalue weighted by molar-refractivity contribution is 5.38. The van der Waals surface area contributed by atoms with Gasteiger partial charge in [-0.25, -0.2) is 0 Å². The molecule has 22 heavy (non-hydrogen) atoms. The molecule has 0 spiro atoms. The van der Waals surface area contributed by atoms with Gasteiger partial charge in [0.25, 0.3) is 0 Å². The molecule has 0 saturated carbocycles.